The summed E-state index contributed by atoms with van der Waals surface area (Å²) < 4.78 is 14.2. The number of aromatic carboxylic acids is 1. The molecule has 5 nitrogen and oxygen atoms in total. The molecule has 4 rings (SSSR count). The molecule has 0 radical (unpaired) electrons. The van der Waals surface area contributed by atoms with Crippen LogP contribution in [0.15, 0.2) is 59.2 Å². The lowest BCUT2D eigenvalue weighted by Gasteiger charge is -2.25. The second-order valence-electron chi connectivity index (χ2n) is 7.37. The number of nitrogens with zero attached hydrogens (tertiary/aromatic N) is 3. The smallest absolute Gasteiger partial charge is 0.339 e. The Morgan fingerprint density at radius 1 is 1.20 bits per heavy atom. The average molecular weight is 470 g/mol. The predicted molar refractivity (Wildman–Crippen MR) is 116 cm³/mol. The Labute approximate surface area is 182 Å². The molecule has 0 spiro atoms. The summed E-state index contributed by atoms with van der Waals surface area (Å²) in [6, 6.07) is 14.6. The van der Waals surface area contributed by atoms with Gasteiger partial charge in [0.15, 0.2) is 0 Å². The minimum Gasteiger partial charge on any atom is -0.478 e. The van der Waals surface area contributed by atoms with E-state index in [1.54, 1.807) is 12.1 Å². The van der Waals surface area contributed by atoms with Crippen molar-refractivity contribution in [2.24, 2.45) is 0 Å². The van der Waals surface area contributed by atoms with Gasteiger partial charge in [-0.15, -0.1) is 0 Å². The van der Waals surface area contributed by atoms with Gasteiger partial charge in [0.2, 0.25) is 5.95 Å². The Morgan fingerprint density at radius 2 is 2.00 bits per heavy atom. The molecule has 1 aliphatic rings. The highest BCUT2D eigenvalue weighted by Gasteiger charge is 2.29. The van der Waals surface area contributed by atoms with Gasteiger partial charge in [-0.3, -0.25) is 0 Å². The zero-order valence-corrected chi connectivity index (χ0v) is 17.8. The van der Waals surface area contributed by atoms with Gasteiger partial charge in [-0.25, -0.2) is 19.2 Å². The maximum absolute atomic E-state index is 13.1. The fourth-order valence-corrected chi connectivity index (χ4v) is 4.31. The van der Waals surface area contributed by atoms with Crippen LogP contribution in [0, 0.1) is 5.82 Å². The number of hydrogen-bond donors (Lipinski definition) is 1. The van der Waals surface area contributed by atoms with E-state index in [0.717, 1.165) is 29.4 Å². The lowest BCUT2D eigenvalue weighted by molar-refractivity contribution is 0.0694. The first-order valence-corrected chi connectivity index (χ1v) is 10.7. The maximum atomic E-state index is 13.1. The molecule has 1 unspecified atom stereocenters. The number of benzene rings is 2. The minimum atomic E-state index is -1.04. The van der Waals surface area contributed by atoms with E-state index >= 15 is 0 Å². The van der Waals surface area contributed by atoms with E-state index in [-0.39, 0.29) is 17.4 Å². The Balaban J connectivity index is 1.61. The average Bonchev–Trinajstić information content (AvgIpc) is 3.23. The summed E-state index contributed by atoms with van der Waals surface area (Å²) >= 11 is 3.53. The molecule has 2 heterocycles. The second-order valence-corrected chi connectivity index (χ2v) is 8.28. The van der Waals surface area contributed by atoms with Gasteiger partial charge in [0, 0.05) is 17.2 Å². The fraction of sp³-hybridized carbons (Fsp3) is 0.261. The van der Waals surface area contributed by atoms with Crippen molar-refractivity contribution in [1.82, 2.24) is 9.97 Å². The number of rotatable bonds is 6. The first-order chi connectivity index (χ1) is 14.5. The number of aromatic nitrogens is 2. The summed E-state index contributed by atoms with van der Waals surface area (Å²) in [4.78, 5) is 22.9. The molecule has 3 aromatic rings. The molecule has 0 bridgehead atoms. The molecule has 30 heavy (non-hydrogen) atoms. The van der Waals surface area contributed by atoms with Gasteiger partial charge in [-0.05, 0) is 61.1 Å². The zero-order valence-electron chi connectivity index (χ0n) is 16.3. The van der Waals surface area contributed by atoms with Crippen molar-refractivity contribution in [2.45, 2.75) is 31.7 Å². The van der Waals surface area contributed by atoms with E-state index in [2.05, 4.69) is 42.9 Å². The third-order valence-corrected chi connectivity index (χ3v) is 5.89. The molecule has 1 aliphatic heterocycles. The van der Waals surface area contributed by atoms with Crippen LogP contribution in [0.5, 0.6) is 0 Å². The van der Waals surface area contributed by atoms with Crippen molar-refractivity contribution in [1.29, 1.82) is 0 Å². The van der Waals surface area contributed by atoms with E-state index in [9.17, 15) is 14.3 Å². The van der Waals surface area contributed by atoms with Crippen LogP contribution in [-0.2, 0) is 12.8 Å². The van der Waals surface area contributed by atoms with Crippen LogP contribution < -0.4 is 4.90 Å². The third-order valence-electron chi connectivity index (χ3n) is 5.39. The summed E-state index contributed by atoms with van der Waals surface area (Å²) in [5.41, 5.74) is 2.72. The van der Waals surface area contributed by atoms with Crippen molar-refractivity contribution >= 4 is 27.8 Å². The van der Waals surface area contributed by atoms with Crippen LogP contribution in [0.25, 0.3) is 0 Å². The van der Waals surface area contributed by atoms with Crippen molar-refractivity contribution in [3.05, 3.63) is 87.4 Å². The van der Waals surface area contributed by atoms with Crippen LogP contribution in [-0.4, -0.2) is 27.6 Å². The van der Waals surface area contributed by atoms with Gasteiger partial charge in [0.05, 0.1) is 17.3 Å². The van der Waals surface area contributed by atoms with Crippen LogP contribution in [0.1, 0.15) is 46.1 Å². The summed E-state index contributed by atoms with van der Waals surface area (Å²) in [6.07, 6.45) is 4.43. The highest BCUT2D eigenvalue weighted by molar-refractivity contribution is 9.10. The van der Waals surface area contributed by atoms with Crippen LogP contribution in [0.3, 0.4) is 0 Å². The number of carbonyl (C=O) groups is 1. The monoisotopic (exact) mass is 469 g/mol. The number of aryl methyl sites for hydroxylation is 2. The SMILES string of the molecule is O=C(O)c1cnc(N2CCCC2c2cccc(Br)c2)nc1CCc1ccc(F)cc1. The first-order valence-electron chi connectivity index (χ1n) is 9.87. The number of hydrogen-bond acceptors (Lipinski definition) is 4. The first kappa shape index (κ1) is 20.5. The van der Waals surface area contributed by atoms with Crippen molar-refractivity contribution < 1.29 is 14.3 Å². The molecule has 154 valence electrons. The van der Waals surface area contributed by atoms with Gasteiger partial charge >= 0.3 is 5.97 Å². The molecule has 0 aliphatic carbocycles. The Kier molecular flexibility index (Phi) is 6.08. The molecule has 1 atom stereocenters. The van der Waals surface area contributed by atoms with Gasteiger partial charge in [-0.2, -0.15) is 0 Å². The molecular weight excluding hydrogens is 449 g/mol. The molecule has 1 fully saturated rings. The van der Waals surface area contributed by atoms with Crippen LogP contribution in [0.2, 0.25) is 0 Å². The van der Waals surface area contributed by atoms with Crippen LogP contribution in [0.4, 0.5) is 10.3 Å². The van der Waals surface area contributed by atoms with Crippen molar-refractivity contribution in [3.63, 3.8) is 0 Å². The van der Waals surface area contributed by atoms with Gasteiger partial charge in [0.25, 0.3) is 0 Å². The van der Waals surface area contributed by atoms with E-state index in [0.29, 0.717) is 24.5 Å². The summed E-state index contributed by atoms with van der Waals surface area (Å²) in [6.45, 7) is 0.820. The number of carboxylic acids is 1. The molecule has 0 saturated carbocycles. The topological polar surface area (TPSA) is 66.3 Å². The largest absolute Gasteiger partial charge is 0.478 e. The molecule has 1 aromatic heterocycles. The third kappa shape index (κ3) is 4.51. The van der Waals surface area contributed by atoms with Crippen molar-refractivity contribution in [2.75, 3.05) is 11.4 Å². The Hall–Kier alpha value is -2.80. The Bertz CT molecular complexity index is 1060. The Morgan fingerprint density at radius 3 is 2.73 bits per heavy atom. The number of carboxylic acid groups (broad SMARTS) is 1. The number of halogens is 2. The van der Waals surface area contributed by atoms with E-state index < -0.39 is 5.97 Å². The standard InChI is InChI=1S/C23H21BrFN3O2/c24-17-4-1-3-16(13-17)21-5-2-12-28(21)23-26-14-19(22(29)30)20(27-23)11-8-15-6-9-18(25)10-7-15/h1,3-4,6-7,9-10,13-14,21H,2,5,8,11-12H2,(H,29,30). The fourth-order valence-electron chi connectivity index (χ4n) is 3.89. The van der Waals surface area contributed by atoms with E-state index in [1.807, 2.05) is 12.1 Å². The molecule has 7 heteroatoms. The van der Waals surface area contributed by atoms with Gasteiger partial charge < -0.3 is 10.0 Å². The zero-order chi connectivity index (χ0) is 21.1. The lowest BCUT2D eigenvalue weighted by Crippen LogP contribution is -2.25. The van der Waals surface area contributed by atoms with Crippen molar-refractivity contribution in [3.8, 4) is 0 Å². The second kappa shape index (κ2) is 8.92. The van der Waals surface area contributed by atoms with Gasteiger partial charge in [-0.1, -0.05) is 40.2 Å². The quantitative estimate of drug-likeness (QED) is 0.536. The van der Waals surface area contributed by atoms with E-state index in [1.165, 1.54) is 23.9 Å². The van der Waals surface area contributed by atoms with Crippen LogP contribution >= 0.6 is 15.9 Å². The lowest BCUT2D eigenvalue weighted by atomic mass is 10.0. The van der Waals surface area contributed by atoms with Gasteiger partial charge in [0.1, 0.15) is 5.82 Å². The molecule has 0 amide bonds. The molecule has 2 aromatic carbocycles. The highest BCUT2D eigenvalue weighted by atomic mass is 79.9. The van der Waals surface area contributed by atoms with E-state index in [4.69, 9.17) is 0 Å². The molecule has 1 N–H and O–H groups in total. The predicted octanol–water partition coefficient (Wildman–Crippen LogP) is 5.20. The molecule has 1 saturated heterocycles. The highest BCUT2D eigenvalue weighted by Crippen LogP contribution is 2.35. The summed E-state index contributed by atoms with van der Waals surface area (Å²) in [5, 5.41) is 9.57. The summed E-state index contributed by atoms with van der Waals surface area (Å²) in [5.74, 6) is -0.779. The normalized spacial score (nSPS) is 16.1. The summed E-state index contributed by atoms with van der Waals surface area (Å²) in [7, 11) is 0. The molecular formula is C23H21BrFN3O2. The maximum Gasteiger partial charge on any atom is 0.339 e. The minimum absolute atomic E-state index is 0.110. The number of anilines is 1.